The Balaban J connectivity index is 2.06. The molecule has 1 aliphatic rings. The highest BCUT2D eigenvalue weighted by atomic mass is 79.9. The van der Waals surface area contributed by atoms with Crippen LogP contribution in [0.4, 0.5) is 10.5 Å². The quantitative estimate of drug-likeness (QED) is 0.555. The van der Waals surface area contributed by atoms with Crippen molar-refractivity contribution in [2.45, 2.75) is 13.8 Å². The van der Waals surface area contributed by atoms with Gasteiger partial charge in [0.25, 0.3) is 11.8 Å². The number of urea groups is 1. The van der Waals surface area contributed by atoms with E-state index >= 15 is 0 Å². The van der Waals surface area contributed by atoms with Crippen molar-refractivity contribution >= 4 is 45.5 Å². The number of hydrogen-bond donors (Lipinski definition) is 2. The van der Waals surface area contributed by atoms with E-state index < -0.39 is 17.8 Å². The zero-order chi connectivity index (χ0) is 20.4. The fourth-order valence-corrected chi connectivity index (χ4v) is 3.26. The van der Waals surface area contributed by atoms with Crippen LogP contribution < -0.4 is 15.0 Å². The van der Waals surface area contributed by atoms with Gasteiger partial charge in [-0.3, -0.25) is 14.9 Å². The monoisotopic (exact) mass is 444 g/mol. The van der Waals surface area contributed by atoms with Crippen molar-refractivity contribution < 1.29 is 24.2 Å². The summed E-state index contributed by atoms with van der Waals surface area (Å²) in [5.74, 6) is -1.40. The minimum Gasteiger partial charge on any atom is -0.503 e. The summed E-state index contributed by atoms with van der Waals surface area (Å²) >= 11 is 3.22. The molecule has 2 aromatic rings. The lowest BCUT2D eigenvalue weighted by Crippen LogP contribution is -2.54. The van der Waals surface area contributed by atoms with Gasteiger partial charge in [0.2, 0.25) is 0 Å². The zero-order valence-corrected chi connectivity index (χ0v) is 16.7. The first-order valence-electron chi connectivity index (χ1n) is 8.46. The van der Waals surface area contributed by atoms with Crippen molar-refractivity contribution in [3.05, 3.63) is 57.6 Å². The van der Waals surface area contributed by atoms with E-state index in [1.54, 1.807) is 44.2 Å². The summed E-state index contributed by atoms with van der Waals surface area (Å²) in [6, 6.07) is 9.13. The molecule has 0 radical (unpaired) electrons. The van der Waals surface area contributed by atoms with Gasteiger partial charge in [0.1, 0.15) is 5.57 Å². The number of para-hydroxylation sites is 1. The third kappa shape index (κ3) is 3.63. The maximum atomic E-state index is 12.9. The van der Waals surface area contributed by atoms with Crippen LogP contribution in [0.2, 0.25) is 0 Å². The maximum Gasteiger partial charge on any atom is 0.335 e. The lowest BCUT2D eigenvalue weighted by molar-refractivity contribution is -0.122. The number of aromatic hydroxyl groups is 1. The summed E-state index contributed by atoms with van der Waals surface area (Å²) in [5, 5.41) is 12.2. The van der Waals surface area contributed by atoms with Crippen LogP contribution in [-0.2, 0) is 9.59 Å². The average Bonchev–Trinajstić information content (AvgIpc) is 2.64. The smallest absolute Gasteiger partial charge is 0.335 e. The summed E-state index contributed by atoms with van der Waals surface area (Å²) in [5.41, 5.74) is 1.35. The van der Waals surface area contributed by atoms with Gasteiger partial charge in [0.05, 0.1) is 16.8 Å². The molecule has 144 valence electrons. The van der Waals surface area contributed by atoms with Crippen molar-refractivity contribution in [3.8, 4) is 11.5 Å². The first-order valence-corrected chi connectivity index (χ1v) is 9.25. The molecule has 0 atom stereocenters. The van der Waals surface area contributed by atoms with E-state index in [1.807, 2.05) is 0 Å². The number of barbiturate groups is 1. The third-order valence-corrected chi connectivity index (χ3v) is 4.72. The van der Waals surface area contributed by atoms with Crippen molar-refractivity contribution in [1.29, 1.82) is 0 Å². The average molecular weight is 445 g/mol. The van der Waals surface area contributed by atoms with E-state index in [4.69, 9.17) is 4.74 Å². The molecule has 0 bridgehead atoms. The summed E-state index contributed by atoms with van der Waals surface area (Å²) < 4.78 is 5.71. The number of ether oxygens (including phenoxy) is 1. The molecule has 0 saturated carbocycles. The molecule has 7 nitrogen and oxygen atoms in total. The Hall–Kier alpha value is -3.13. The van der Waals surface area contributed by atoms with E-state index in [-0.39, 0.29) is 17.1 Å². The van der Waals surface area contributed by atoms with Crippen LogP contribution >= 0.6 is 15.9 Å². The van der Waals surface area contributed by atoms with Gasteiger partial charge in [0.15, 0.2) is 11.5 Å². The van der Waals surface area contributed by atoms with Gasteiger partial charge in [-0.05, 0) is 65.2 Å². The predicted molar refractivity (Wildman–Crippen MR) is 107 cm³/mol. The molecular formula is C20H17BrN2O5. The van der Waals surface area contributed by atoms with Gasteiger partial charge in [-0.25, -0.2) is 9.69 Å². The number of aryl methyl sites for hydroxylation is 1. The van der Waals surface area contributed by atoms with Gasteiger partial charge in [-0.1, -0.05) is 18.2 Å². The standard InChI is InChI=1S/C20H17BrN2O5/c1-3-28-16-10-12(9-14(21)17(16)24)8-13-18(25)22-20(27)23(19(13)26)15-7-5-4-6-11(15)2/h4-10,24H,3H2,1-2H3,(H,22,25,27)/b13-8+. The van der Waals surface area contributed by atoms with Crippen LogP contribution in [0.15, 0.2) is 46.4 Å². The highest BCUT2D eigenvalue weighted by Crippen LogP contribution is 2.36. The minimum atomic E-state index is -0.802. The molecule has 2 aromatic carbocycles. The van der Waals surface area contributed by atoms with Gasteiger partial charge >= 0.3 is 6.03 Å². The number of nitrogens with zero attached hydrogens (tertiary/aromatic N) is 1. The molecule has 0 aliphatic carbocycles. The molecule has 1 heterocycles. The lowest BCUT2D eigenvalue weighted by Gasteiger charge is -2.27. The molecule has 0 spiro atoms. The molecule has 4 amide bonds. The largest absolute Gasteiger partial charge is 0.503 e. The van der Waals surface area contributed by atoms with Crippen molar-refractivity contribution in [2.75, 3.05) is 11.5 Å². The second kappa shape index (κ2) is 7.85. The van der Waals surface area contributed by atoms with Crippen LogP contribution in [0.3, 0.4) is 0 Å². The van der Waals surface area contributed by atoms with Crippen LogP contribution in [0.25, 0.3) is 6.08 Å². The molecule has 1 saturated heterocycles. The fraction of sp³-hybridized carbons (Fsp3) is 0.150. The van der Waals surface area contributed by atoms with Crippen LogP contribution in [-0.4, -0.2) is 29.6 Å². The highest BCUT2D eigenvalue weighted by molar-refractivity contribution is 9.10. The van der Waals surface area contributed by atoms with Crippen molar-refractivity contribution in [2.24, 2.45) is 0 Å². The Labute approximate surface area is 169 Å². The van der Waals surface area contributed by atoms with E-state index in [0.29, 0.717) is 27.9 Å². The lowest BCUT2D eigenvalue weighted by atomic mass is 10.1. The summed E-state index contributed by atoms with van der Waals surface area (Å²) in [7, 11) is 0. The Morgan fingerprint density at radius 3 is 2.61 bits per heavy atom. The molecule has 0 aromatic heterocycles. The Morgan fingerprint density at radius 2 is 1.93 bits per heavy atom. The zero-order valence-electron chi connectivity index (χ0n) is 15.2. The second-order valence-corrected chi connectivity index (χ2v) is 6.88. The summed E-state index contributed by atoms with van der Waals surface area (Å²) in [6.07, 6.45) is 1.35. The Kier molecular flexibility index (Phi) is 5.51. The van der Waals surface area contributed by atoms with Gasteiger partial charge < -0.3 is 9.84 Å². The number of imide groups is 2. The number of phenolic OH excluding ortho intramolecular Hbond substituents is 1. The number of benzene rings is 2. The van der Waals surface area contributed by atoms with E-state index in [2.05, 4.69) is 21.2 Å². The number of halogens is 1. The first-order chi connectivity index (χ1) is 13.3. The van der Waals surface area contributed by atoms with Gasteiger partial charge in [-0.15, -0.1) is 0 Å². The molecular weight excluding hydrogens is 428 g/mol. The number of amides is 4. The van der Waals surface area contributed by atoms with Crippen LogP contribution in [0.5, 0.6) is 11.5 Å². The van der Waals surface area contributed by atoms with Crippen LogP contribution in [0, 0.1) is 6.92 Å². The van der Waals surface area contributed by atoms with E-state index in [1.165, 1.54) is 12.1 Å². The van der Waals surface area contributed by atoms with E-state index in [0.717, 1.165) is 4.90 Å². The Morgan fingerprint density at radius 1 is 1.21 bits per heavy atom. The molecule has 3 rings (SSSR count). The van der Waals surface area contributed by atoms with Crippen LogP contribution in [0.1, 0.15) is 18.1 Å². The van der Waals surface area contributed by atoms with Crippen molar-refractivity contribution in [1.82, 2.24) is 5.32 Å². The maximum absolute atomic E-state index is 12.9. The second-order valence-electron chi connectivity index (χ2n) is 6.03. The van der Waals surface area contributed by atoms with E-state index in [9.17, 15) is 19.5 Å². The highest BCUT2D eigenvalue weighted by Gasteiger charge is 2.37. The molecule has 2 N–H and O–H groups in total. The number of nitrogens with one attached hydrogen (secondary N) is 1. The minimum absolute atomic E-state index is 0.0832. The number of carbonyl (C=O) groups is 3. The molecule has 0 unspecified atom stereocenters. The summed E-state index contributed by atoms with van der Waals surface area (Å²) in [4.78, 5) is 38.5. The Bertz CT molecular complexity index is 1020. The topological polar surface area (TPSA) is 95.9 Å². The molecule has 28 heavy (non-hydrogen) atoms. The SMILES string of the molecule is CCOc1cc(/C=C2\C(=O)NC(=O)N(c3ccccc3C)C2=O)cc(Br)c1O. The fourth-order valence-electron chi connectivity index (χ4n) is 2.80. The molecule has 1 fully saturated rings. The van der Waals surface area contributed by atoms with Gasteiger partial charge in [0, 0.05) is 0 Å². The number of rotatable bonds is 4. The number of phenols is 1. The third-order valence-electron chi connectivity index (χ3n) is 4.12. The molecule has 1 aliphatic heterocycles. The molecule has 8 heteroatoms. The predicted octanol–water partition coefficient (Wildman–Crippen LogP) is 3.53. The first kappa shape index (κ1) is 19.6. The number of hydrogen-bond acceptors (Lipinski definition) is 5. The summed E-state index contributed by atoms with van der Waals surface area (Å²) in [6.45, 7) is 3.86. The number of anilines is 1. The van der Waals surface area contributed by atoms with Crippen molar-refractivity contribution in [3.63, 3.8) is 0 Å². The normalized spacial score (nSPS) is 15.8. The number of carbonyl (C=O) groups excluding carboxylic acids is 3. The van der Waals surface area contributed by atoms with Gasteiger partial charge in [-0.2, -0.15) is 0 Å².